The van der Waals surface area contributed by atoms with Gasteiger partial charge in [0.15, 0.2) is 0 Å². The van der Waals surface area contributed by atoms with Crippen molar-refractivity contribution in [3.8, 4) is 0 Å². The second-order valence-corrected chi connectivity index (χ2v) is 7.59. The quantitative estimate of drug-likeness (QED) is 0.892. The van der Waals surface area contributed by atoms with E-state index in [0.29, 0.717) is 10.6 Å². The number of nitrogens with one attached hydrogen (secondary N) is 1. The Kier molecular flexibility index (Phi) is 4.08. The van der Waals surface area contributed by atoms with Gasteiger partial charge in [-0.15, -0.1) is 5.10 Å². The predicted octanol–water partition coefficient (Wildman–Crippen LogP) is 2.11. The number of rotatable bonds is 3. The van der Waals surface area contributed by atoms with Crippen molar-refractivity contribution < 1.29 is 9.90 Å². The smallest absolute Gasteiger partial charge is 0.265 e. The lowest BCUT2D eigenvalue weighted by atomic mass is 9.85. The second kappa shape index (κ2) is 4.83. The minimum Gasteiger partial charge on any atom is -0.388 e. The van der Waals surface area contributed by atoms with Crippen molar-refractivity contribution in [2.45, 2.75) is 65.0 Å². The van der Waals surface area contributed by atoms with Crippen molar-refractivity contribution in [1.82, 2.24) is 14.9 Å². The van der Waals surface area contributed by atoms with Crippen LogP contribution >= 0.6 is 11.5 Å². The minimum atomic E-state index is -1.03. The Bertz CT molecular complexity index is 467. The van der Waals surface area contributed by atoms with Crippen LogP contribution in [0.3, 0.4) is 0 Å². The molecule has 1 aromatic heterocycles. The minimum absolute atomic E-state index is 0.238. The molecule has 0 unspecified atom stereocenters. The third-order valence-electron chi connectivity index (χ3n) is 3.36. The summed E-state index contributed by atoms with van der Waals surface area (Å²) in [4.78, 5) is 12.8. The Balaban J connectivity index is 3.01. The molecule has 0 aromatic carbocycles. The van der Waals surface area contributed by atoms with Crippen LogP contribution in [0.15, 0.2) is 0 Å². The van der Waals surface area contributed by atoms with Crippen LogP contribution in [0, 0.1) is 0 Å². The molecule has 0 saturated carbocycles. The Morgan fingerprint density at radius 3 is 2.11 bits per heavy atom. The molecule has 108 valence electrons. The van der Waals surface area contributed by atoms with Gasteiger partial charge in [0.2, 0.25) is 0 Å². The molecule has 0 atom stereocenters. The fourth-order valence-corrected chi connectivity index (χ4v) is 2.10. The van der Waals surface area contributed by atoms with Crippen LogP contribution < -0.4 is 5.32 Å². The highest BCUT2D eigenvalue weighted by atomic mass is 32.1. The molecule has 6 heteroatoms. The van der Waals surface area contributed by atoms with Crippen LogP contribution in [0.5, 0.6) is 0 Å². The number of hydrogen-bond donors (Lipinski definition) is 2. The molecule has 5 nitrogen and oxygen atoms in total. The van der Waals surface area contributed by atoms with Gasteiger partial charge in [-0.05, 0) is 39.2 Å². The van der Waals surface area contributed by atoms with Crippen molar-refractivity contribution in [3.05, 3.63) is 10.6 Å². The zero-order chi connectivity index (χ0) is 15.1. The molecule has 0 spiro atoms. The maximum Gasteiger partial charge on any atom is 0.265 e. The SMILES string of the molecule is CC(C)(C)c1nnsc1C(=O)NC(C)(C)C(C)(C)O. The van der Waals surface area contributed by atoms with Crippen molar-refractivity contribution in [1.29, 1.82) is 0 Å². The predicted molar refractivity (Wildman–Crippen MR) is 76.5 cm³/mol. The number of amides is 1. The monoisotopic (exact) mass is 285 g/mol. The van der Waals surface area contributed by atoms with E-state index in [2.05, 4.69) is 14.9 Å². The summed E-state index contributed by atoms with van der Waals surface area (Å²) in [6.07, 6.45) is 0. The van der Waals surface area contributed by atoms with Gasteiger partial charge in [-0.3, -0.25) is 4.79 Å². The molecular weight excluding hydrogens is 262 g/mol. The number of hydrogen-bond acceptors (Lipinski definition) is 5. The molecule has 0 aliphatic heterocycles. The average Bonchev–Trinajstić information content (AvgIpc) is 2.61. The molecule has 1 aromatic rings. The maximum atomic E-state index is 12.3. The van der Waals surface area contributed by atoms with Crippen molar-refractivity contribution >= 4 is 17.4 Å². The Morgan fingerprint density at radius 2 is 1.68 bits per heavy atom. The Labute approximate surface area is 118 Å². The highest BCUT2D eigenvalue weighted by Gasteiger charge is 2.38. The van der Waals surface area contributed by atoms with Gasteiger partial charge in [-0.25, -0.2) is 0 Å². The van der Waals surface area contributed by atoms with E-state index in [1.165, 1.54) is 0 Å². The Morgan fingerprint density at radius 1 is 1.16 bits per heavy atom. The van der Waals surface area contributed by atoms with Gasteiger partial charge in [0, 0.05) is 5.41 Å². The summed E-state index contributed by atoms with van der Waals surface area (Å²) in [6, 6.07) is 0. The molecule has 2 N–H and O–H groups in total. The zero-order valence-corrected chi connectivity index (χ0v) is 13.5. The van der Waals surface area contributed by atoms with Crippen LogP contribution in [0.4, 0.5) is 0 Å². The first kappa shape index (κ1) is 16.0. The topological polar surface area (TPSA) is 75.1 Å². The molecular formula is C13H23N3O2S. The molecule has 19 heavy (non-hydrogen) atoms. The van der Waals surface area contributed by atoms with Crippen LogP contribution in [0.25, 0.3) is 0 Å². The normalized spacial score (nSPS) is 13.5. The second-order valence-electron chi connectivity index (χ2n) is 6.84. The molecule has 1 rings (SSSR count). The highest BCUT2D eigenvalue weighted by molar-refractivity contribution is 7.08. The number of carbonyl (C=O) groups excluding carboxylic acids is 1. The first-order chi connectivity index (χ1) is 8.36. The summed E-state index contributed by atoms with van der Waals surface area (Å²) in [5.74, 6) is -0.243. The van der Waals surface area contributed by atoms with Gasteiger partial charge >= 0.3 is 0 Å². The lowest BCUT2D eigenvalue weighted by Gasteiger charge is -2.37. The summed E-state index contributed by atoms with van der Waals surface area (Å²) in [7, 11) is 0. The van der Waals surface area contributed by atoms with Gasteiger partial charge in [0.05, 0.1) is 16.8 Å². The van der Waals surface area contributed by atoms with Gasteiger partial charge in [0.1, 0.15) is 4.88 Å². The molecule has 0 saturated heterocycles. The summed E-state index contributed by atoms with van der Waals surface area (Å²) in [5.41, 5.74) is -1.33. The fraction of sp³-hybridized carbons (Fsp3) is 0.769. The van der Waals surface area contributed by atoms with Crippen molar-refractivity contribution in [2.24, 2.45) is 0 Å². The zero-order valence-electron chi connectivity index (χ0n) is 12.7. The van der Waals surface area contributed by atoms with E-state index < -0.39 is 11.1 Å². The third kappa shape index (κ3) is 3.51. The summed E-state index contributed by atoms with van der Waals surface area (Å²) >= 11 is 1.08. The standard InChI is InChI=1S/C13H23N3O2S/c1-11(2,3)9-8(19-16-15-9)10(17)14-12(4,5)13(6,7)18/h18H,1-7H3,(H,14,17). The fourth-order valence-electron chi connectivity index (χ4n) is 1.32. The van der Waals surface area contributed by atoms with Gasteiger partial charge < -0.3 is 10.4 Å². The average molecular weight is 285 g/mol. The third-order valence-corrected chi connectivity index (χ3v) is 4.08. The summed E-state index contributed by atoms with van der Waals surface area (Å²) < 4.78 is 3.87. The van der Waals surface area contributed by atoms with E-state index >= 15 is 0 Å². The number of carbonyl (C=O) groups is 1. The van der Waals surface area contributed by atoms with E-state index in [0.717, 1.165) is 11.5 Å². The first-order valence-electron chi connectivity index (χ1n) is 6.24. The molecule has 0 radical (unpaired) electrons. The van der Waals surface area contributed by atoms with Crippen molar-refractivity contribution in [3.63, 3.8) is 0 Å². The van der Waals surface area contributed by atoms with E-state index in [-0.39, 0.29) is 11.3 Å². The molecule has 1 heterocycles. The molecule has 1 amide bonds. The lowest BCUT2D eigenvalue weighted by molar-refractivity contribution is -0.00288. The number of aromatic nitrogens is 2. The molecule has 0 aliphatic rings. The molecule has 0 bridgehead atoms. The van der Waals surface area contributed by atoms with Crippen LogP contribution in [0.2, 0.25) is 0 Å². The first-order valence-corrected chi connectivity index (χ1v) is 7.01. The van der Waals surface area contributed by atoms with Crippen LogP contribution in [0.1, 0.15) is 63.8 Å². The largest absolute Gasteiger partial charge is 0.388 e. The Hall–Kier alpha value is -1.01. The molecule has 0 aliphatic carbocycles. The van der Waals surface area contributed by atoms with E-state index in [1.54, 1.807) is 27.7 Å². The number of aliphatic hydroxyl groups is 1. The highest BCUT2D eigenvalue weighted by Crippen LogP contribution is 2.27. The van der Waals surface area contributed by atoms with E-state index in [9.17, 15) is 9.90 Å². The lowest BCUT2D eigenvalue weighted by Crippen LogP contribution is -2.57. The van der Waals surface area contributed by atoms with Gasteiger partial charge in [-0.1, -0.05) is 25.3 Å². The van der Waals surface area contributed by atoms with Crippen molar-refractivity contribution in [2.75, 3.05) is 0 Å². The van der Waals surface area contributed by atoms with E-state index in [4.69, 9.17) is 0 Å². The molecule has 0 fully saturated rings. The summed E-state index contributed by atoms with van der Waals surface area (Å²) in [6.45, 7) is 12.9. The summed E-state index contributed by atoms with van der Waals surface area (Å²) in [5, 5.41) is 17.0. The van der Waals surface area contributed by atoms with E-state index in [1.807, 2.05) is 20.8 Å². The van der Waals surface area contributed by atoms with Crippen LogP contribution in [-0.2, 0) is 5.41 Å². The number of nitrogens with zero attached hydrogens (tertiary/aromatic N) is 2. The van der Waals surface area contributed by atoms with Crippen LogP contribution in [-0.4, -0.2) is 31.7 Å². The van der Waals surface area contributed by atoms with Gasteiger partial charge in [-0.2, -0.15) is 0 Å². The van der Waals surface area contributed by atoms with Gasteiger partial charge in [0.25, 0.3) is 5.91 Å². The maximum absolute atomic E-state index is 12.3.